The Labute approximate surface area is 143 Å². The van der Waals surface area contributed by atoms with Gasteiger partial charge in [-0.25, -0.2) is 0 Å². The highest BCUT2D eigenvalue weighted by Crippen LogP contribution is 2.27. The van der Waals surface area contributed by atoms with Gasteiger partial charge in [0.2, 0.25) is 5.91 Å². The Balaban J connectivity index is 0.00000242. The predicted molar refractivity (Wildman–Crippen MR) is 91.6 cm³/mol. The van der Waals surface area contributed by atoms with Crippen LogP contribution in [0.2, 0.25) is 5.02 Å². The van der Waals surface area contributed by atoms with E-state index in [1.165, 1.54) is 12.8 Å². The Hall–Kier alpha value is -0.810. The van der Waals surface area contributed by atoms with Gasteiger partial charge in [-0.1, -0.05) is 23.7 Å². The van der Waals surface area contributed by atoms with E-state index < -0.39 is 0 Å². The molecule has 124 valence electrons. The first-order chi connectivity index (χ1) is 10.1. The van der Waals surface area contributed by atoms with Crippen LogP contribution in [0.5, 0.6) is 0 Å². The number of nitrogens with one attached hydrogen (secondary N) is 2. The zero-order valence-corrected chi connectivity index (χ0v) is 14.5. The number of hydrogen-bond donors (Lipinski definition) is 2. The first-order valence-corrected chi connectivity index (χ1v) is 7.76. The van der Waals surface area contributed by atoms with Gasteiger partial charge >= 0.3 is 0 Å². The van der Waals surface area contributed by atoms with Gasteiger partial charge in [0, 0.05) is 12.1 Å². The summed E-state index contributed by atoms with van der Waals surface area (Å²) in [7, 11) is 1.65. The summed E-state index contributed by atoms with van der Waals surface area (Å²) in [5.41, 5.74) is 1.00. The van der Waals surface area contributed by atoms with E-state index >= 15 is 0 Å². The minimum atomic E-state index is -0.186. The zero-order valence-electron chi connectivity index (χ0n) is 13.0. The van der Waals surface area contributed by atoms with Crippen molar-refractivity contribution in [2.45, 2.75) is 31.9 Å². The van der Waals surface area contributed by atoms with Gasteiger partial charge in [0.05, 0.1) is 12.6 Å². The Morgan fingerprint density at radius 2 is 2.00 bits per heavy atom. The van der Waals surface area contributed by atoms with E-state index in [9.17, 15) is 4.79 Å². The molecule has 0 aromatic heterocycles. The highest BCUT2D eigenvalue weighted by molar-refractivity contribution is 6.30. The molecule has 1 aliphatic carbocycles. The molecule has 6 heteroatoms. The van der Waals surface area contributed by atoms with Gasteiger partial charge < -0.3 is 15.4 Å². The van der Waals surface area contributed by atoms with Crippen LogP contribution in [0.15, 0.2) is 24.3 Å². The van der Waals surface area contributed by atoms with Crippen molar-refractivity contribution < 1.29 is 9.53 Å². The minimum absolute atomic E-state index is 0. The lowest BCUT2D eigenvalue weighted by molar-refractivity contribution is -0.121. The molecule has 1 aromatic rings. The van der Waals surface area contributed by atoms with Gasteiger partial charge in [-0.05, 0) is 49.9 Å². The maximum atomic E-state index is 11.9. The molecule has 0 radical (unpaired) electrons. The second-order valence-corrected chi connectivity index (χ2v) is 6.07. The lowest BCUT2D eigenvalue weighted by atomic mass is 10.0. The van der Waals surface area contributed by atoms with Crippen LogP contribution in [0.3, 0.4) is 0 Å². The summed E-state index contributed by atoms with van der Waals surface area (Å²) in [6.45, 7) is 3.24. The van der Waals surface area contributed by atoms with Crippen molar-refractivity contribution in [1.82, 2.24) is 10.6 Å². The Morgan fingerprint density at radius 1 is 1.36 bits per heavy atom. The van der Waals surface area contributed by atoms with Crippen LogP contribution in [-0.2, 0) is 9.53 Å². The first-order valence-electron chi connectivity index (χ1n) is 7.38. The van der Waals surface area contributed by atoms with Crippen LogP contribution in [0, 0.1) is 5.92 Å². The van der Waals surface area contributed by atoms with Crippen LogP contribution in [0.1, 0.15) is 31.4 Å². The van der Waals surface area contributed by atoms with Gasteiger partial charge in [-0.15, -0.1) is 12.4 Å². The van der Waals surface area contributed by atoms with E-state index in [4.69, 9.17) is 16.3 Å². The summed E-state index contributed by atoms with van der Waals surface area (Å²) >= 11 is 5.89. The fraction of sp³-hybridized carbons (Fsp3) is 0.562. The predicted octanol–water partition coefficient (Wildman–Crippen LogP) is 2.95. The number of carbonyl (C=O) groups is 1. The standard InChI is InChI=1S/C16H23ClN2O2.ClH/c1-11(19-15(20)10-18-9-12-3-4-12)16(21-2)13-5-7-14(17)8-6-13;/h5-8,11-12,16,18H,3-4,9-10H2,1-2H3,(H,19,20);1H. The number of rotatable bonds is 8. The van der Waals surface area contributed by atoms with Gasteiger partial charge in [-0.3, -0.25) is 4.79 Å². The average Bonchev–Trinajstić information content (AvgIpc) is 3.26. The van der Waals surface area contributed by atoms with E-state index in [0.717, 1.165) is 18.0 Å². The Bertz CT molecular complexity index is 464. The first kappa shape index (κ1) is 19.2. The van der Waals surface area contributed by atoms with Crippen molar-refractivity contribution in [3.05, 3.63) is 34.9 Å². The zero-order chi connectivity index (χ0) is 15.2. The quantitative estimate of drug-likeness (QED) is 0.760. The Morgan fingerprint density at radius 3 is 2.55 bits per heavy atom. The van der Waals surface area contributed by atoms with E-state index in [0.29, 0.717) is 11.6 Å². The fourth-order valence-corrected chi connectivity index (χ4v) is 2.50. The molecular formula is C16H24Cl2N2O2. The molecule has 4 nitrogen and oxygen atoms in total. The molecule has 0 heterocycles. The van der Waals surface area contributed by atoms with Crippen molar-refractivity contribution in [1.29, 1.82) is 0 Å². The fourth-order valence-electron chi connectivity index (χ4n) is 2.37. The number of methoxy groups -OCH3 is 1. The number of benzene rings is 1. The molecule has 2 unspecified atom stereocenters. The number of amides is 1. The molecular weight excluding hydrogens is 323 g/mol. The summed E-state index contributed by atoms with van der Waals surface area (Å²) in [5, 5.41) is 6.85. The molecule has 0 bridgehead atoms. The van der Waals surface area contributed by atoms with Crippen molar-refractivity contribution in [3.63, 3.8) is 0 Å². The minimum Gasteiger partial charge on any atom is -0.375 e. The van der Waals surface area contributed by atoms with Crippen molar-refractivity contribution in [2.24, 2.45) is 5.92 Å². The molecule has 0 saturated heterocycles. The molecule has 1 aromatic carbocycles. The lowest BCUT2D eigenvalue weighted by Gasteiger charge is -2.24. The van der Waals surface area contributed by atoms with Crippen LogP contribution < -0.4 is 10.6 Å². The summed E-state index contributed by atoms with van der Waals surface area (Å²) in [5.74, 6) is 0.773. The van der Waals surface area contributed by atoms with Crippen LogP contribution in [-0.4, -0.2) is 32.1 Å². The van der Waals surface area contributed by atoms with Crippen molar-refractivity contribution >= 4 is 29.9 Å². The summed E-state index contributed by atoms with van der Waals surface area (Å²) in [4.78, 5) is 11.9. The highest BCUT2D eigenvalue weighted by atomic mass is 35.5. The van der Waals surface area contributed by atoms with Gasteiger partial charge in [-0.2, -0.15) is 0 Å². The summed E-state index contributed by atoms with van der Waals surface area (Å²) < 4.78 is 5.51. The van der Waals surface area contributed by atoms with Crippen LogP contribution in [0.4, 0.5) is 0 Å². The molecule has 1 aliphatic rings. The van der Waals surface area contributed by atoms with E-state index in [1.807, 2.05) is 31.2 Å². The van der Waals surface area contributed by atoms with E-state index in [2.05, 4.69) is 10.6 Å². The second-order valence-electron chi connectivity index (χ2n) is 5.64. The summed E-state index contributed by atoms with van der Waals surface area (Å²) in [6, 6.07) is 7.39. The number of carbonyl (C=O) groups excluding carboxylic acids is 1. The molecule has 1 fully saturated rings. The summed E-state index contributed by atoms with van der Waals surface area (Å²) in [6.07, 6.45) is 2.38. The molecule has 0 spiro atoms. The third kappa shape index (κ3) is 6.13. The topological polar surface area (TPSA) is 50.4 Å². The van der Waals surface area contributed by atoms with Crippen LogP contribution >= 0.6 is 24.0 Å². The van der Waals surface area contributed by atoms with Gasteiger partial charge in [0.1, 0.15) is 6.10 Å². The van der Waals surface area contributed by atoms with E-state index in [-0.39, 0.29) is 30.5 Å². The maximum Gasteiger partial charge on any atom is 0.234 e. The smallest absolute Gasteiger partial charge is 0.234 e. The van der Waals surface area contributed by atoms with Crippen LogP contribution in [0.25, 0.3) is 0 Å². The number of halogens is 2. The molecule has 2 rings (SSSR count). The average molecular weight is 347 g/mol. The van der Waals surface area contributed by atoms with Gasteiger partial charge in [0.15, 0.2) is 0 Å². The SMILES string of the molecule is COC(c1ccc(Cl)cc1)C(C)NC(=O)CNCC1CC1.Cl. The van der Waals surface area contributed by atoms with Gasteiger partial charge in [0.25, 0.3) is 0 Å². The second kappa shape index (κ2) is 9.36. The number of ether oxygens (including phenoxy) is 1. The van der Waals surface area contributed by atoms with E-state index in [1.54, 1.807) is 7.11 Å². The van der Waals surface area contributed by atoms with Crippen molar-refractivity contribution in [2.75, 3.05) is 20.2 Å². The molecule has 22 heavy (non-hydrogen) atoms. The highest BCUT2D eigenvalue weighted by Gasteiger charge is 2.22. The van der Waals surface area contributed by atoms with Crippen molar-refractivity contribution in [3.8, 4) is 0 Å². The lowest BCUT2D eigenvalue weighted by Crippen LogP contribution is -2.42. The number of hydrogen-bond acceptors (Lipinski definition) is 3. The molecule has 0 aliphatic heterocycles. The molecule has 1 saturated carbocycles. The monoisotopic (exact) mass is 346 g/mol. The third-order valence-electron chi connectivity index (χ3n) is 3.71. The Kier molecular flexibility index (Phi) is 8.18. The molecule has 2 N–H and O–H groups in total. The largest absolute Gasteiger partial charge is 0.375 e. The molecule has 2 atom stereocenters. The maximum absolute atomic E-state index is 11.9. The molecule has 1 amide bonds. The normalized spacial score (nSPS) is 16.5. The third-order valence-corrected chi connectivity index (χ3v) is 3.96.